The molecule has 0 aromatic carbocycles. The van der Waals surface area contributed by atoms with Crippen LogP contribution in [0.2, 0.25) is 0 Å². The van der Waals surface area contributed by atoms with Gasteiger partial charge in [0.05, 0.1) is 0 Å². The van der Waals surface area contributed by atoms with Gasteiger partial charge in [-0.05, 0) is 12.8 Å². The Morgan fingerprint density at radius 1 is 1.08 bits per heavy atom. The first-order chi connectivity index (χ1) is 5.66. The number of nitrogens with one attached hydrogen (secondary N) is 1. The fraction of sp³-hybridized carbons (Fsp3) is 0.714. The minimum atomic E-state index is -0.293. The molecule has 0 aliphatic heterocycles. The predicted molar refractivity (Wildman–Crippen MR) is 44.6 cm³/mol. The molecular formula is C7H15N3O2. The number of amides is 2. The first kappa shape index (κ1) is 10.9. The van der Waals surface area contributed by atoms with E-state index in [0.717, 1.165) is 19.3 Å². The van der Waals surface area contributed by atoms with Gasteiger partial charge in [-0.25, -0.2) is 5.84 Å². The highest BCUT2D eigenvalue weighted by Crippen LogP contribution is 2.01. The minimum absolute atomic E-state index is 0.172. The molecule has 5 N–H and O–H groups in total. The highest BCUT2D eigenvalue weighted by molar-refractivity contribution is 5.75. The molecule has 0 saturated heterocycles. The van der Waals surface area contributed by atoms with Gasteiger partial charge in [0.2, 0.25) is 11.8 Å². The Hall–Kier alpha value is -1.10. The molecule has 0 saturated carbocycles. The number of unbranched alkanes of at least 4 members (excludes halogenated alkanes) is 2. The van der Waals surface area contributed by atoms with Gasteiger partial charge in [-0.15, -0.1) is 0 Å². The van der Waals surface area contributed by atoms with Crippen molar-refractivity contribution < 1.29 is 9.59 Å². The lowest BCUT2D eigenvalue weighted by Gasteiger charge is -1.98. The van der Waals surface area contributed by atoms with E-state index in [-0.39, 0.29) is 11.8 Å². The van der Waals surface area contributed by atoms with Gasteiger partial charge in [0, 0.05) is 12.8 Å². The van der Waals surface area contributed by atoms with Crippen LogP contribution in [0.3, 0.4) is 0 Å². The number of primary amides is 1. The maximum Gasteiger partial charge on any atom is 0.233 e. The number of nitrogens with two attached hydrogens (primary N) is 2. The minimum Gasteiger partial charge on any atom is -0.370 e. The molecule has 5 heteroatoms. The van der Waals surface area contributed by atoms with Crippen molar-refractivity contribution in [3.05, 3.63) is 0 Å². The third-order valence-corrected chi connectivity index (χ3v) is 1.49. The quantitative estimate of drug-likeness (QED) is 0.217. The summed E-state index contributed by atoms with van der Waals surface area (Å²) in [5.41, 5.74) is 6.96. The fourth-order valence-electron chi connectivity index (χ4n) is 0.834. The molecule has 0 aromatic rings. The van der Waals surface area contributed by atoms with Crippen molar-refractivity contribution in [3.8, 4) is 0 Å². The summed E-state index contributed by atoms with van der Waals surface area (Å²) in [6.45, 7) is 0. The number of hydrogen-bond donors (Lipinski definition) is 3. The van der Waals surface area contributed by atoms with E-state index < -0.39 is 0 Å². The Balaban J connectivity index is 3.11. The Bertz CT molecular complexity index is 159. The molecule has 0 radical (unpaired) electrons. The molecule has 0 aliphatic rings. The second-order valence-corrected chi connectivity index (χ2v) is 2.59. The predicted octanol–water partition coefficient (Wildman–Crippen LogP) is -0.588. The standard InChI is InChI=1S/C7H15N3O2/c8-6(11)4-2-1-3-5-7(12)10-9/h1-5,9H2,(H2,8,11)(H,10,12). The van der Waals surface area contributed by atoms with Crippen molar-refractivity contribution in [1.29, 1.82) is 0 Å². The molecule has 0 fully saturated rings. The molecule has 2 amide bonds. The average Bonchev–Trinajstić information content (AvgIpc) is 2.03. The topological polar surface area (TPSA) is 98.2 Å². The van der Waals surface area contributed by atoms with Crippen LogP contribution in [0, 0.1) is 0 Å². The second kappa shape index (κ2) is 6.60. The van der Waals surface area contributed by atoms with Crippen molar-refractivity contribution in [2.24, 2.45) is 11.6 Å². The Morgan fingerprint density at radius 2 is 1.67 bits per heavy atom. The van der Waals surface area contributed by atoms with E-state index in [4.69, 9.17) is 11.6 Å². The molecule has 0 atom stereocenters. The molecule has 0 aromatic heterocycles. The lowest BCUT2D eigenvalue weighted by atomic mass is 10.1. The SMILES string of the molecule is NNC(=O)CCCCCC(N)=O. The zero-order chi connectivity index (χ0) is 9.40. The van der Waals surface area contributed by atoms with Crippen LogP contribution in [0.5, 0.6) is 0 Å². The van der Waals surface area contributed by atoms with Gasteiger partial charge < -0.3 is 5.73 Å². The monoisotopic (exact) mass is 173 g/mol. The first-order valence-corrected chi connectivity index (χ1v) is 3.94. The van der Waals surface area contributed by atoms with Crippen molar-refractivity contribution in [3.63, 3.8) is 0 Å². The molecular weight excluding hydrogens is 158 g/mol. The largest absolute Gasteiger partial charge is 0.370 e. The van der Waals surface area contributed by atoms with E-state index >= 15 is 0 Å². The summed E-state index contributed by atoms with van der Waals surface area (Å²) in [7, 11) is 0. The number of carbonyl (C=O) groups is 2. The maximum absolute atomic E-state index is 10.6. The van der Waals surface area contributed by atoms with E-state index in [2.05, 4.69) is 0 Å². The summed E-state index contributed by atoms with van der Waals surface area (Å²) in [6.07, 6.45) is 3.12. The molecule has 0 rings (SSSR count). The van der Waals surface area contributed by atoms with Gasteiger partial charge in [-0.1, -0.05) is 6.42 Å². The van der Waals surface area contributed by atoms with Gasteiger partial charge in [-0.2, -0.15) is 0 Å². The van der Waals surface area contributed by atoms with E-state index in [1.807, 2.05) is 5.43 Å². The molecule has 0 unspecified atom stereocenters. The van der Waals surface area contributed by atoms with Crippen molar-refractivity contribution in [1.82, 2.24) is 5.43 Å². The number of carbonyl (C=O) groups excluding carboxylic acids is 2. The van der Waals surface area contributed by atoms with Crippen LogP contribution in [-0.2, 0) is 9.59 Å². The van der Waals surface area contributed by atoms with Gasteiger partial charge in [-0.3, -0.25) is 15.0 Å². The van der Waals surface area contributed by atoms with Crippen molar-refractivity contribution in [2.75, 3.05) is 0 Å². The van der Waals surface area contributed by atoms with Gasteiger partial charge in [0.25, 0.3) is 0 Å². The maximum atomic E-state index is 10.6. The summed E-state index contributed by atoms with van der Waals surface area (Å²) < 4.78 is 0. The molecule has 0 bridgehead atoms. The molecule has 0 heterocycles. The van der Waals surface area contributed by atoms with E-state index in [0.29, 0.717) is 12.8 Å². The average molecular weight is 173 g/mol. The second-order valence-electron chi connectivity index (χ2n) is 2.59. The van der Waals surface area contributed by atoms with Crippen LogP contribution < -0.4 is 17.0 Å². The fourth-order valence-corrected chi connectivity index (χ4v) is 0.834. The number of hydrogen-bond acceptors (Lipinski definition) is 3. The van der Waals surface area contributed by atoms with Crippen LogP contribution in [0.25, 0.3) is 0 Å². The van der Waals surface area contributed by atoms with Crippen LogP contribution >= 0.6 is 0 Å². The molecule has 0 aliphatic carbocycles. The lowest BCUT2D eigenvalue weighted by molar-refractivity contribution is -0.121. The normalized spacial score (nSPS) is 9.42. The summed E-state index contributed by atoms with van der Waals surface area (Å²) >= 11 is 0. The van der Waals surface area contributed by atoms with E-state index in [9.17, 15) is 9.59 Å². The van der Waals surface area contributed by atoms with Gasteiger partial charge in [0.15, 0.2) is 0 Å². The third kappa shape index (κ3) is 7.01. The first-order valence-electron chi connectivity index (χ1n) is 3.94. The van der Waals surface area contributed by atoms with Crippen molar-refractivity contribution >= 4 is 11.8 Å². The summed E-state index contributed by atoms with van der Waals surface area (Å²) in [6, 6.07) is 0. The zero-order valence-electron chi connectivity index (χ0n) is 7.01. The lowest BCUT2D eigenvalue weighted by Crippen LogP contribution is -2.29. The number of rotatable bonds is 6. The Kier molecular flexibility index (Phi) is 6.00. The highest BCUT2D eigenvalue weighted by atomic mass is 16.2. The summed E-state index contributed by atoms with van der Waals surface area (Å²) in [4.78, 5) is 20.9. The van der Waals surface area contributed by atoms with Crippen molar-refractivity contribution in [2.45, 2.75) is 32.1 Å². The van der Waals surface area contributed by atoms with Gasteiger partial charge in [0.1, 0.15) is 0 Å². The van der Waals surface area contributed by atoms with Crippen LogP contribution in [0.1, 0.15) is 32.1 Å². The highest BCUT2D eigenvalue weighted by Gasteiger charge is 1.98. The molecule has 12 heavy (non-hydrogen) atoms. The zero-order valence-corrected chi connectivity index (χ0v) is 7.01. The van der Waals surface area contributed by atoms with E-state index in [1.165, 1.54) is 0 Å². The van der Waals surface area contributed by atoms with E-state index in [1.54, 1.807) is 0 Å². The molecule has 0 spiro atoms. The Morgan fingerprint density at radius 3 is 2.17 bits per heavy atom. The smallest absolute Gasteiger partial charge is 0.233 e. The summed E-state index contributed by atoms with van der Waals surface area (Å²) in [5.74, 6) is 4.40. The van der Waals surface area contributed by atoms with Crippen LogP contribution in [-0.4, -0.2) is 11.8 Å². The Labute approximate surface area is 71.5 Å². The number of hydrazine groups is 1. The van der Waals surface area contributed by atoms with Crippen LogP contribution in [0.4, 0.5) is 0 Å². The van der Waals surface area contributed by atoms with Crippen LogP contribution in [0.15, 0.2) is 0 Å². The third-order valence-electron chi connectivity index (χ3n) is 1.49. The molecule has 70 valence electrons. The summed E-state index contributed by atoms with van der Waals surface area (Å²) in [5, 5.41) is 0. The van der Waals surface area contributed by atoms with Gasteiger partial charge >= 0.3 is 0 Å². The molecule has 5 nitrogen and oxygen atoms in total.